The van der Waals surface area contributed by atoms with Gasteiger partial charge >= 0.3 is 0 Å². The van der Waals surface area contributed by atoms with Gasteiger partial charge in [0.1, 0.15) is 0 Å². The Balaban J connectivity index is 2.38. The van der Waals surface area contributed by atoms with E-state index in [1.807, 2.05) is 39.2 Å². The van der Waals surface area contributed by atoms with Crippen LogP contribution in [-0.4, -0.2) is 30.3 Å². The van der Waals surface area contributed by atoms with Crippen LogP contribution in [0.25, 0.3) is 0 Å². The molecule has 2 nitrogen and oxygen atoms in total. The zero-order valence-corrected chi connectivity index (χ0v) is 13.6. The molecule has 0 amide bonds. The fraction of sp³-hybridized carbons (Fsp3) is 0.588. The lowest BCUT2D eigenvalue weighted by molar-refractivity contribution is 0.0486. The predicted octanol–water partition coefficient (Wildman–Crippen LogP) is 4.34. The monoisotopic (exact) mass is 293 g/mol. The van der Waals surface area contributed by atoms with Gasteiger partial charge in [-0.1, -0.05) is 43.5 Å². The van der Waals surface area contributed by atoms with Crippen molar-refractivity contribution in [1.29, 1.82) is 0 Å². The third-order valence-corrected chi connectivity index (χ3v) is 5.09. The number of rotatable bonds is 3. The van der Waals surface area contributed by atoms with E-state index in [1.165, 1.54) is 6.42 Å². The molecule has 1 saturated carbocycles. The van der Waals surface area contributed by atoms with Gasteiger partial charge in [-0.3, -0.25) is 9.69 Å². The lowest BCUT2D eigenvalue weighted by Crippen LogP contribution is -2.53. The molecule has 0 heterocycles. The van der Waals surface area contributed by atoms with Gasteiger partial charge in [-0.05, 0) is 51.4 Å². The molecule has 110 valence electrons. The number of nitrogens with zero attached hydrogens (tertiary/aromatic N) is 1. The van der Waals surface area contributed by atoms with Crippen LogP contribution in [0.1, 0.15) is 48.5 Å². The molecule has 0 bridgehead atoms. The van der Waals surface area contributed by atoms with Gasteiger partial charge in [0.2, 0.25) is 0 Å². The highest BCUT2D eigenvalue weighted by molar-refractivity contribution is 6.31. The van der Waals surface area contributed by atoms with E-state index in [0.717, 1.165) is 30.4 Å². The standard InChI is InChI=1S/C17H24ClNO/c1-12-6-5-9-17(11-12,19(3)4)16(20)14-8-7-13(2)15(18)10-14/h7-8,10,12H,5-6,9,11H2,1-4H3. The van der Waals surface area contributed by atoms with Gasteiger partial charge in [-0.15, -0.1) is 0 Å². The van der Waals surface area contributed by atoms with E-state index in [0.29, 0.717) is 10.9 Å². The Morgan fingerprint density at radius 3 is 2.65 bits per heavy atom. The van der Waals surface area contributed by atoms with Crippen molar-refractivity contribution < 1.29 is 4.79 Å². The Labute approximate surface area is 127 Å². The highest BCUT2D eigenvalue weighted by Crippen LogP contribution is 2.38. The zero-order valence-electron chi connectivity index (χ0n) is 12.9. The van der Waals surface area contributed by atoms with E-state index < -0.39 is 0 Å². The Kier molecular flexibility index (Phi) is 4.55. The van der Waals surface area contributed by atoms with Crippen LogP contribution in [0, 0.1) is 12.8 Å². The molecule has 2 atom stereocenters. The van der Waals surface area contributed by atoms with E-state index in [2.05, 4.69) is 11.8 Å². The molecule has 0 radical (unpaired) electrons. The summed E-state index contributed by atoms with van der Waals surface area (Å²) in [7, 11) is 4.04. The molecular formula is C17H24ClNO. The molecule has 1 aromatic rings. The number of Topliss-reactive ketones (excluding diaryl/α,β-unsaturated/α-hetero) is 1. The SMILES string of the molecule is Cc1ccc(C(=O)C2(N(C)C)CCCC(C)C2)cc1Cl. The molecule has 20 heavy (non-hydrogen) atoms. The maximum Gasteiger partial charge on any atom is 0.183 e. The van der Waals surface area contributed by atoms with Crippen LogP contribution in [0.3, 0.4) is 0 Å². The third-order valence-electron chi connectivity index (χ3n) is 4.69. The van der Waals surface area contributed by atoms with Crippen molar-refractivity contribution in [3.8, 4) is 0 Å². The molecule has 0 saturated heterocycles. The quantitative estimate of drug-likeness (QED) is 0.773. The van der Waals surface area contributed by atoms with Crippen molar-refractivity contribution >= 4 is 17.4 Å². The lowest BCUT2D eigenvalue weighted by atomic mass is 9.71. The molecule has 1 aromatic carbocycles. The van der Waals surface area contributed by atoms with Crippen molar-refractivity contribution in [2.75, 3.05) is 14.1 Å². The molecule has 2 rings (SSSR count). The van der Waals surface area contributed by atoms with Crippen LogP contribution in [0.15, 0.2) is 18.2 Å². The number of likely N-dealkylation sites (N-methyl/N-ethyl adjacent to an activating group) is 1. The second kappa shape index (κ2) is 5.87. The molecular weight excluding hydrogens is 270 g/mol. The van der Waals surface area contributed by atoms with Crippen LogP contribution in [0.2, 0.25) is 5.02 Å². The Morgan fingerprint density at radius 1 is 1.40 bits per heavy atom. The minimum atomic E-state index is -0.365. The van der Waals surface area contributed by atoms with E-state index in [9.17, 15) is 4.79 Å². The number of benzene rings is 1. The number of hydrogen-bond donors (Lipinski definition) is 0. The van der Waals surface area contributed by atoms with Crippen molar-refractivity contribution in [2.24, 2.45) is 5.92 Å². The Bertz CT molecular complexity index is 512. The van der Waals surface area contributed by atoms with E-state index in [1.54, 1.807) is 0 Å². The molecule has 1 aliphatic carbocycles. The van der Waals surface area contributed by atoms with E-state index in [4.69, 9.17) is 11.6 Å². The molecule has 0 N–H and O–H groups in total. The second-order valence-corrected chi connectivity index (χ2v) is 6.83. The summed E-state index contributed by atoms with van der Waals surface area (Å²) in [5.74, 6) is 0.812. The molecule has 1 aliphatic rings. The minimum absolute atomic E-state index is 0.218. The second-order valence-electron chi connectivity index (χ2n) is 6.42. The average Bonchev–Trinajstić information content (AvgIpc) is 2.40. The van der Waals surface area contributed by atoms with E-state index in [-0.39, 0.29) is 11.3 Å². The fourth-order valence-corrected chi connectivity index (χ4v) is 3.52. The molecule has 0 aliphatic heterocycles. The number of hydrogen-bond acceptors (Lipinski definition) is 2. The van der Waals surface area contributed by atoms with Crippen molar-refractivity contribution in [1.82, 2.24) is 4.90 Å². The summed E-state index contributed by atoms with van der Waals surface area (Å²) < 4.78 is 0. The largest absolute Gasteiger partial charge is 0.297 e. The number of ketones is 1. The topological polar surface area (TPSA) is 20.3 Å². The first-order valence-corrected chi connectivity index (χ1v) is 7.73. The van der Waals surface area contributed by atoms with Crippen molar-refractivity contribution in [2.45, 2.75) is 45.1 Å². The summed E-state index contributed by atoms with van der Waals surface area (Å²) >= 11 is 6.18. The minimum Gasteiger partial charge on any atom is -0.297 e. The summed E-state index contributed by atoms with van der Waals surface area (Å²) in [6, 6.07) is 5.67. The molecule has 3 heteroatoms. The van der Waals surface area contributed by atoms with E-state index >= 15 is 0 Å². The summed E-state index contributed by atoms with van der Waals surface area (Å²) in [4.78, 5) is 15.2. The first-order valence-electron chi connectivity index (χ1n) is 7.35. The molecule has 1 fully saturated rings. The van der Waals surface area contributed by atoms with Crippen LogP contribution >= 0.6 is 11.6 Å². The van der Waals surface area contributed by atoms with Crippen LogP contribution in [0.4, 0.5) is 0 Å². The van der Waals surface area contributed by atoms with Crippen LogP contribution in [0.5, 0.6) is 0 Å². The third kappa shape index (κ3) is 2.77. The average molecular weight is 294 g/mol. The highest BCUT2D eigenvalue weighted by Gasteiger charge is 2.43. The Hall–Kier alpha value is -0.860. The summed E-state index contributed by atoms with van der Waals surface area (Å²) in [6.07, 6.45) is 4.21. The van der Waals surface area contributed by atoms with Gasteiger partial charge in [0.25, 0.3) is 0 Å². The number of carbonyl (C=O) groups excluding carboxylic acids is 1. The molecule has 0 aromatic heterocycles. The van der Waals surface area contributed by atoms with Gasteiger partial charge in [0, 0.05) is 10.6 Å². The maximum atomic E-state index is 13.1. The van der Waals surface area contributed by atoms with Gasteiger partial charge in [0.05, 0.1) is 5.54 Å². The summed E-state index contributed by atoms with van der Waals surface area (Å²) in [6.45, 7) is 4.20. The summed E-state index contributed by atoms with van der Waals surface area (Å²) in [5.41, 5.74) is 1.39. The normalized spacial score (nSPS) is 26.8. The smallest absolute Gasteiger partial charge is 0.183 e. The van der Waals surface area contributed by atoms with Gasteiger partial charge in [-0.25, -0.2) is 0 Å². The number of aryl methyl sites for hydroxylation is 1. The fourth-order valence-electron chi connectivity index (χ4n) is 3.34. The van der Waals surface area contributed by atoms with Gasteiger partial charge in [-0.2, -0.15) is 0 Å². The first kappa shape index (κ1) is 15.5. The first-order chi connectivity index (χ1) is 9.36. The van der Waals surface area contributed by atoms with Crippen LogP contribution < -0.4 is 0 Å². The number of carbonyl (C=O) groups is 1. The zero-order chi connectivity index (χ0) is 14.9. The van der Waals surface area contributed by atoms with Crippen molar-refractivity contribution in [3.05, 3.63) is 34.3 Å². The Morgan fingerprint density at radius 2 is 2.10 bits per heavy atom. The molecule has 0 spiro atoms. The van der Waals surface area contributed by atoms with Crippen molar-refractivity contribution in [3.63, 3.8) is 0 Å². The lowest BCUT2D eigenvalue weighted by Gasteiger charge is -2.43. The number of halogens is 1. The van der Waals surface area contributed by atoms with Gasteiger partial charge < -0.3 is 0 Å². The summed E-state index contributed by atoms with van der Waals surface area (Å²) in [5, 5.41) is 0.675. The molecule has 2 unspecified atom stereocenters. The van der Waals surface area contributed by atoms with Gasteiger partial charge in [0.15, 0.2) is 5.78 Å². The predicted molar refractivity (Wildman–Crippen MR) is 84.6 cm³/mol. The van der Waals surface area contributed by atoms with Crippen LogP contribution in [-0.2, 0) is 0 Å². The highest BCUT2D eigenvalue weighted by atomic mass is 35.5. The maximum absolute atomic E-state index is 13.1.